The van der Waals surface area contributed by atoms with E-state index >= 15 is 0 Å². The first-order valence-corrected chi connectivity index (χ1v) is 18.4. The van der Waals surface area contributed by atoms with Crippen LogP contribution in [0, 0.1) is 0 Å². The Labute approximate surface area is 304 Å². The molecule has 1 heterocycles. The fourth-order valence-electron chi connectivity index (χ4n) is 8.11. The predicted octanol–water partition coefficient (Wildman–Crippen LogP) is 12.9. The predicted molar refractivity (Wildman–Crippen MR) is 216 cm³/mol. The molecule has 1 aromatic heterocycles. The molecule has 0 amide bonds. The van der Waals surface area contributed by atoms with Crippen LogP contribution in [0.25, 0.3) is 43.0 Å². The molecule has 0 fully saturated rings. The van der Waals surface area contributed by atoms with Crippen LogP contribution in [0.15, 0.2) is 176 Å². The van der Waals surface area contributed by atoms with E-state index in [9.17, 15) is 0 Å². The van der Waals surface area contributed by atoms with Gasteiger partial charge >= 0.3 is 0 Å². The fraction of sp³-hybridized carbons (Fsp3) is 0.104. The molecule has 246 valence electrons. The van der Waals surface area contributed by atoms with Crippen LogP contribution in [-0.2, 0) is 5.41 Å². The van der Waals surface area contributed by atoms with Gasteiger partial charge in [0.15, 0.2) is 0 Å². The van der Waals surface area contributed by atoms with Crippen molar-refractivity contribution in [2.45, 2.75) is 31.7 Å². The van der Waals surface area contributed by atoms with Crippen LogP contribution in [0.4, 0.5) is 11.4 Å². The molecule has 0 bridgehead atoms. The zero-order chi connectivity index (χ0) is 34.6. The summed E-state index contributed by atoms with van der Waals surface area (Å²) >= 11 is 1.76. The van der Waals surface area contributed by atoms with Crippen molar-refractivity contribution < 1.29 is 0 Å². The van der Waals surface area contributed by atoms with Crippen molar-refractivity contribution in [3.63, 3.8) is 0 Å². The summed E-state index contributed by atoms with van der Waals surface area (Å²) in [6, 6.07) is 64.2. The standard InChI is InChI=1S/C48H38N2S/c1-47(2,3)50(39-28-30-44-45(32-39)51-46(49-44)35-25-23-34(24-26-35)33-15-7-4-8-16-33)38-27-29-41-40-21-13-14-22-42(40)48(43(41)31-38,36-17-9-5-10-18-36)37-19-11-6-12-20-37/h4-32H,1-3H3. The Morgan fingerprint density at radius 3 is 1.69 bits per heavy atom. The van der Waals surface area contributed by atoms with E-state index in [1.807, 2.05) is 0 Å². The average Bonchev–Trinajstić information content (AvgIpc) is 3.73. The Balaban J connectivity index is 1.17. The van der Waals surface area contributed by atoms with Crippen molar-refractivity contribution in [1.29, 1.82) is 0 Å². The van der Waals surface area contributed by atoms with Gasteiger partial charge in [-0.25, -0.2) is 4.98 Å². The topological polar surface area (TPSA) is 16.1 Å². The van der Waals surface area contributed by atoms with Crippen molar-refractivity contribution in [2.75, 3.05) is 4.90 Å². The summed E-state index contributed by atoms with van der Waals surface area (Å²) in [7, 11) is 0. The summed E-state index contributed by atoms with van der Waals surface area (Å²) in [4.78, 5) is 7.57. The Kier molecular flexibility index (Phi) is 7.49. The minimum Gasteiger partial charge on any atom is -0.336 e. The van der Waals surface area contributed by atoms with Gasteiger partial charge in [0.25, 0.3) is 0 Å². The molecule has 0 spiro atoms. The minimum atomic E-state index is -0.444. The Hall–Kier alpha value is -5.77. The summed E-state index contributed by atoms with van der Waals surface area (Å²) in [6.45, 7) is 6.90. The molecule has 1 aliphatic carbocycles. The highest BCUT2D eigenvalue weighted by atomic mass is 32.1. The lowest BCUT2D eigenvalue weighted by atomic mass is 9.67. The second-order valence-corrected chi connectivity index (χ2v) is 15.4. The molecule has 0 aliphatic heterocycles. The van der Waals surface area contributed by atoms with Gasteiger partial charge in [-0.1, -0.05) is 146 Å². The van der Waals surface area contributed by atoms with E-state index in [1.165, 1.54) is 54.9 Å². The molecule has 0 N–H and O–H groups in total. The number of hydrogen-bond acceptors (Lipinski definition) is 3. The molecule has 0 unspecified atom stereocenters. The van der Waals surface area contributed by atoms with Crippen LogP contribution in [0.5, 0.6) is 0 Å². The van der Waals surface area contributed by atoms with Crippen molar-refractivity contribution >= 4 is 32.9 Å². The molecule has 2 nitrogen and oxygen atoms in total. The van der Waals surface area contributed by atoms with Crippen LogP contribution in [0.1, 0.15) is 43.0 Å². The highest BCUT2D eigenvalue weighted by Crippen LogP contribution is 2.57. The first-order valence-electron chi connectivity index (χ1n) is 17.6. The first-order chi connectivity index (χ1) is 24.9. The van der Waals surface area contributed by atoms with Crippen molar-refractivity contribution in [3.05, 3.63) is 198 Å². The van der Waals surface area contributed by atoms with E-state index in [1.54, 1.807) is 11.3 Å². The zero-order valence-electron chi connectivity index (χ0n) is 29.0. The monoisotopic (exact) mass is 674 g/mol. The highest BCUT2D eigenvalue weighted by Gasteiger charge is 2.46. The average molecular weight is 675 g/mol. The van der Waals surface area contributed by atoms with Crippen molar-refractivity contribution in [2.24, 2.45) is 0 Å². The lowest BCUT2D eigenvalue weighted by Crippen LogP contribution is -2.38. The summed E-state index contributed by atoms with van der Waals surface area (Å²) in [5.41, 5.74) is 14.1. The van der Waals surface area contributed by atoms with Gasteiger partial charge in [-0.05, 0) is 95.6 Å². The first kappa shape index (κ1) is 31.2. The van der Waals surface area contributed by atoms with Gasteiger partial charge in [-0.15, -0.1) is 11.3 Å². The molecule has 8 aromatic rings. The minimum absolute atomic E-state index is 0.198. The van der Waals surface area contributed by atoms with E-state index in [4.69, 9.17) is 4.98 Å². The number of hydrogen-bond donors (Lipinski definition) is 0. The van der Waals surface area contributed by atoms with Crippen molar-refractivity contribution in [1.82, 2.24) is 4.98 Å². The van der Waals surface area contributed by atoms with Gasteiger partial charge in [0.1, 0.15) is 5.01 Å². The van der Waals surface area contributed by atoms with Crippen LogP contribution < -0.4 is 4.90 Å². The summed E-state index contributed by atoms with van der Waals surface area (Å²) in [5, 5.41) is 1.04. The maximum Gasteiger partial charge on any atom is 0.124 e. The summed E-state index contributed by atoms with van der Waals surface area (Å²) < 4.78 is 1.18. The molecule has 0 saturated carbocycles. The van der Waals surface area contributed by atoms with Gasteiger partial charge in [-0.2, -0.15) is 0 Å². The van der Waals surface area contributed by atoms with E-state index in [0.29, 0.717) is 0 Å². The van der Waals surface area contributed by atoms with Crippen LogP contribution in [0.3, 0.4) is 0 Å². The van der Waals surface area contributed by atoms with Crippen molar-refractivity contribution in [3.8, 4) is 32.8 Å². The van der Waals surface area contributed by atoms with E-state index < -0.39 is 5.41 Å². The Bertz CT molecular complexity index is 2450. The number of aromatic nitrogens is 1. The Morgan fingerprint density at radius 2 is 1.02 bits per heavy atom. The number of benzene rings is 7. The van der Waals surface area contributed by atoms with E-state index in [0.717, 1.165) is 21.8 Å². The number of fused-ring (bicyclic) bond motifs is 4. The van der Waals surface area contributed by atoms with Gasteiger partial charge in [-0.3, -0.25) is 0 Å². The third-order valence-electron chi connectivity index (χ3n) is 10.2. The third-order valence-corrected chi connectivity index (χ3v) is 11.3. The van der Waals surface area contributed by atoms with Crippen LogP contribution >= 0.6 is 11.3 Å². The van der Waals surface area contributed by atoms with Gasteiger partial charge in [0.05, 0.1) is 15.6 Å². The number of nitrogens with zero attached hydrogens (tertiary/aromatic N) is 2. The van der Waals surface area contributed by atoms with E-state index in [2.05, 4.69) is 202 Å². The number of rotatable bonds is 6. The largest absolute Gasteiger partial charge is 0.336 e. The molecule has 7 aromatic carbocycles. The number of thiazole rings is 1. The quantitative estimate of drug-likeness (QED) is 0.174. The molecule has 1 aliphatic rings. The van der Waals surface area contributed by atoms with E-state index in [-0.39, 0.29) is 5.54 Å². The maximum absolute atomic E-state index is 5.08. The van der Waals surface area contributed by atoms with Crippen LogP contribution in [-0.4, -0.2) is 10.5 Å². The van der Waals surface area contributed by atoms with Gasteiger partial charge in [0, 0.05) is 22.5 Å². The number of anilines is 2. The molecular formula is C48H38N2S. The van der Waals surface area contributed by atoms with Gasteiger partial charge in [0.2, 0.25) is 0 Å². The SMILES string of the molecule is CC(C)(C)N(c1ccc2c(c1)C(c1ccccc1)(c1ccccc1)c1ccccc1-2)c1ccc2nc(-c3ccc(-c4ccccc4)cc3)sc2c1. The molecule has 0 saturated heterocycles. The van der Waals surface area contributed by atoms with Crippen LogP contribution in [0.2, 0.25) is 0 Å². The molecule has 0 atom stereocenters. The normalized spacial score (nSPS) is 13.2. The molecule has 3 heteroatoms. The fourth-order valence-corrected chi connectivity index (χ4v) is 9.11. The maximum atomic E-state index is 5.08. The molecule has 0 radical (unpaired) electrons. The second kappa shape index (κ2) is 12.2. The lowest BCUT2D eigenvalue weighted by Gasteiger charge is -2.39. The summed E-state index contributed by atoms with van der Waals surface area (Å²) in [5.74, 6) is 0. The molecular weight excluding hydrogens is 637 g/mol. The highest BCUT2D eigenvalue weighted by molar-refractivity contribution is 7.21. The lowest BCUT2D eigenvalue weighted by molar-refractivity contribution is 0.560. The summed E-state index contributed by atoms with van der Waals surface area (Å²) in [6.07, 6.45) is 0. The Morgan fingerprint density at radius 1 is 0.490 bits per heavy atom. The zero-order valence-corrected chi connectivity index (χ0v) is 29.9. The second-order valence-electron chi connectivity index (χ2n) is 14.4. The molecule has 9 rings (SSSR count). The third kappa shape index (κ3) is 5.19. The molecule has 51 heavy (non-hydrogen) atoms. The van der Waals surface area contributed by atoms with Gasteiger partial charge < -0.3 is 4.90 Å². The smallest absolute Gasteiger partial charge is 0.124 e.